The van der Waals surface area contributed by atoms with Gasteiger partial charge in [0, 0.05) is 18.3 Å². The molecule has 5 nitrogen and oxygen atoms in total. The van der Waals surface area contributed by atoms with Crippen LogP contribution >= 0.6 is 11.8 Å². The summed E-state index contributed by atoms with van der Waals surface area (Å²) in [6.07, 6.45) is 7.37. The molecule has 0 saturated heterocycles. The van der Waals surface area contributed by atoms with E-state index in [0.717, 1.165) is 36.3 Å². The Bertz CT molecular complexity index is 470. The number of nitrogens with one attached hydrogen (secondary N) is 2. The Morgan fingerprint density at radius 1 is 1.38 bits per heavy atom. The highest BCUT2D eigenvalue weighted by atomic mass is 32.2. The number of aromatic nitrogens is 3. The fourth-order valence-electron chi connectivity index (χ4n) is 3.12. The minimum Gasteiger partial charge on any atom is -0.314 e. The zero-order valence-corrected chi connectivity index (χ0v) is 14.0. The van der Waals surface area contributed by atoms with Crippen molar-refractivity contribution in [1.82, 2.24) is 20.1 Å². The molecule has 1 aliphatic carbocycles. The summed E-state index contributed by atoms with van der Waals surface area (Å²) in [6.45, 7) is 6.18. The maximum atomic E-state index is 11.6. The van der Waals surface area contributed by atoms with Crippen LogP contribution in [0, 0.1) is 5.92 Å². The summed E-state index contributed by atoms with van der Waals surface area (Å²) < 4.78 is 1.76. The second kappa shape index (κ2) is 8.63. The molecule has 0 aliphatic heterocycles. The highest BCUT2D eigenvalue weighted by Crippen LogP contribution is 2.30. The molecular weight excluding hydrogens is 284 g/mol. The van der Waals surface area contributed by atoms with Gasteiger partial charge in [0.1, 0.15) is 0 Å². The van der Waals surface area contributed by atoms with Gasteiger partial charge in [-0.25, -0.2) is 9.89 Å². The van der Waals surface area contributed by atoms with Crippen molar-refractivity contribution < 1.29 is 0 Å². The van der Waals surface area contributed by atoms with Gasteiger partial charge in [-0.2, -0.15) is 0 Å². The van der Waals surface area contributed by atoms with Gasteiger partial charge in [-0.05, 0) is 44.6 Å². The number of hydrogen-bond donors (Lipinski definition) is 2. The molecule has 1 heterocycles. The molecule has 0 aromatic carbocycles. The lowest BCUT2D eigenvalue weighted by atomic mass is 10.0. The van der Waals surface area contributed by atoms with Crippen LogP contribution in [-0.4, -0.2) is 33.1 Å². The molecule has 6 heteroatoms. The van der Waals surface area contributed by atoms with Crippen LogP contribution < -0.4 is 11.0 Å². The lowest BCUT2D eigenvalue weighted by Crippen LogP contribution is -2.33. The second-order valence-corrected chi connectivity index (χ2v) is 6.91. The molecule has 1 aromatic rings. The Morgan fingerprint density at radius 2 is 2.24 bits per heavy atom. The van der Waals surface area contributed by atoms with Crippen molar-refractivity contribution in [3.63, 3.8) is 0 Å². The van der Waals surface area contributed by atoms with E-state index >= 15 is 0 Å². The normalized spacial score (nSPS) is 22.0. The number of H-pyrrole nitrogens is 1. The van der Waals surface area contributed by atoms with E-state index in [-0.39, 0.29) is 5.69 Å². The van der Waals surface area contributed by atoms with Gasteiger partial charge in [-0.15, -0.1) is 5.10 Å². The summed E-state index contributed by atoms with van der Waals surface area (Å²) in [7, 11) is 0. The number of rotatable bonds is 9. The van der Waals surface area contributed by atoms with Crippen molar-refractivity contribution in [3.8, 4) is 0 Å². The quantitative estimate of drug-likeness (QED) is 0.688. The van der Waals surface area contributed by atoms with Crippen LogP contribution in [0.25, 0.3) is 0 Å². The molecule has 0 bridgehead atoms. The predicted octanol–water partition coefficient (Wildman–Crippen LogP) is 2.63. The molecule has 0 spiro atoms. The van der Waals surface area contributed by atoms with Gasteiger partial charge in [-0.1, -0.05) is 32.0 Å². The highest BCUT2D eigenvalue weighted by Gasteiger charge is 2.26. The van der Waals surface area contributed by atoms with E-state index < -0.39 is 0 Å². The molecular formula is C15H28N4OS. The molecule has 0 radical (unpaired) electrons. The minimum atomic E-state index is -0.0808. The van der Waals surface area contributed by atoms with Gasteiger partial charge >= 0.3 is 5.69 Å². The van der Waals surface area contributed by atoms with Gasteiger partial charge in [0.15, 0.2) is 5.16 Å². The van der Waals surface area contributed by atoms with E-state index in [9.17, 15) is 4.79 Å². The number of thioether (sulfide) groups is 1. The van der Waals surface area contributed by atoms with E-state index in [1.165, 1.54) is 32.1 Å². The molecule has 1 saturated carbocycles. The van der Waals surface area contributed by atoms with Crippen molar-refractivity contribution in [2.75, 3.05) is 12.3 Å². The summed E-state index contributed by atoms with van der Waals surface area (Å²) in [6, 6.07) is 0.697. The fourth-order valence-corrected chi connectivity index (χ4v) is 4.16. The van der Waals surface area contributed by atoms with Crippen LogP contribution in [0.5, 0.6) is 0 Å². The number of hydrogen-bond acceptors (Lipinski definition) is 4. The average molecular weight is 312 g/mol. The molecule has 2 rings (SSSR count). The first-order valence-corrected chi connectivity index (χ1v) is 9.26. The van der Waals surface area contributed by atoms with Crippen molar-refractivity contribution in [3.05, 3.63) is 10.5 Å². The van der Waals surface area contributed by atoms with Gasteiger partial charge < -0.3 is 5.32 Å². The lowest BCUT2D eigenvalue weighted by Gasteiger charge is -2.20. The lowest BCUT2D eigenvalue weighted by molar-refractivity contribution is 0.393. The summed E-state index contributed by atoms with van der Waals surface area (Å²) in [5.74, 6) is 1.83. The standard InChI is InChI=1S/C15H28N4OS/c1-3-9-16-13-7-5-6-12(13)8-11-21-15-18-17-14(20)19(15)10-4-2/h12-13,16H,3-11H2,1-2H3,(H,17,20). The van der Waals surface area contributed by atoms with E-state index in [1.807, 2.05) is 0 Å². The Balaban J connectivity index is 1.80. The first kappa shape index (κ1) is 16.6. The maximum Gasteiger partial charge on any atom is 0.343 e. The monoisotopic (exact) mass is 312 g/mol. The van der Waals surface area contributed by atoms with Gasteiger partial charge in [-0.3, -0.25) is 4.57 Å². The third kappa shape index (κ3) is 4.61. The Kier molecular flexibility index (Phi) is 6.83. The highest BCUT2D eigenvalue weighted by molar-refractivity contribution is 7.99. The van der Waals surface area contributed by atoms with Crippen LogP contribution in [-0.2, 0) is 6.54 Å². The third-order valence-corrected chi connectivity index (χ3v) is 5.22. The summed E-state index contributed by atoms with van der Waals surface area (Å²) in [5.41, 5.74) is -0.0808. The topological polar surface area (TPSA) is 62.7 Å². The Morgan fingerprint density at radius 3 is 3.00 bits per heavy atom. The van der Waals surface area contributed by atoms with Crippen LogP contribution in [0.1, 0.15) is 52.4 Å². The van der Waals surface area contributed by atoms with E-state index in [0.29, 0.717) is 6.04 Å². The van der Waals surface area contributed by atoms with Gasteiger partial charge in [0.25, 0.3) is 0 Å². The molecule has 21 heavy (non-hydrogen) atoms. The molecule has 120 valence electrons. The molecule has 0 amide bonds. The fraction of sp³-hybridized carbons (Fsp3) is 0.867. The van der Waals surface area contributed by atoms with Crippen molar-refractivity contribution >= 4 is 11.8 Å². The van der Waals surface area contributed by atoms with Crippen molar-refractivity contribution in [2.24, 2.45) is 5.92 Å². The molecule has 2 N–H and O–H groups in total. The van der Waals surface area contributed by atoms with Crippen LogP contribution in [0.2, 0.25) is 0 Å². The van der Waals surface area contributed by atoms with E-state index in [1.54, 1.807) is 16.3 Å². The van der Waals surface area contributed by atoms with Crippen LogP contribution in [0.3, 0.4) is 0 Å². The summed E-state index contributed by atoms with van der Waals surface area (Å²) in [4.78, 5) is 11.6. The molecule has 1 fully saturated rings. The zero-order chi connectivity index (χ0) is 15.1. The maximum absolute atomic E-state index is 11.6. The molecule has 2 unspecified atom stereocenters. The van der Waals surface area contributed by atoms with E-state index in [4.69, 9.17) is 0 Å². The Hall–Kier alpha value is -0.750. The van der Waals surface area contributed by atoms with Gasteiger partial charge in [0.05, 0.1) is 0 Å². The third-order valence-electron chi connectivity index (χ3n) is 4.21. The first-order chi connectivity index (χ1) is 10.3. The first-order valence-electron chi connectivity index (χ1n) is 8.27. The molecule has 2 atom stereocenters. The minimum absolute atomic E-state index is 0.0808. The SMILES string of the molecule is CCCNC1CCCC1CCSc1n[nH]c(=O)n1CCC. The average Bonchev–Trinajstić information content (AvgIpc) is 3.06. The van der Waals surface area contributed by atoms with Crippen molar-refractivity contribution in [1.29, 1.82) is 0 Å². The van der Waals surface area contributed by atoms with Crippen LogP contribution in [0.15, 0.2) is 9.95 Å². The molecule has 1 aliphatic rings. The van der Waals surface area contributed by atoms with Gasteiger partial charge in [0.2, 0.25) is 0 Å². The largest absolute Gasteiger partial charge is 0.343 e. The zero-order valence-electron chi connectivity index (χ0n) is 13.2. The van der Waals surface area contributed by atoms with Crippen molar-refractivity contribution in [2.45, 2.75) is 70.1 Å². The summed E-state index contributed by atoms with van der Waals surface area (Å²) in [5, 5.41) is 11.2. The van der Waals surface area contributed by atoms with Crippen LogP contribution in [0.4, 0.5) is 0 Å². The van der Waals surface area contributed by atoms with E-state index in [2.05, 4.69) is 29.4 Å². The Labute approximate surface area is 131 Å². The summed E-state index contributed by atoms with van der Waals surface area (Å²) >= 11 is 1.71. The predicted molar refractivity (Wildman–Crippen MR) is 87.9 cm³/mol. The molecule has 1 aromatic heterocycles. The second-order valence-electron chi connectivity index (χ2n) is 5.85. The number of nitrogens with zero attached hydrogens (tertiary/aromatic N) is 2. The number of aromatic amines is 1. The smallest absolute Gasteiger partial charge is 0.314 e.